The van der Waals surface area contributed by atoms with Gasteiger partial charge in [-0.05, 0) is 13.3 Å². The van der Waals surface area contributed by atoms with Crippen molar-refractivity contribution in [3.8, 4) is 17.3 Å². The van der Waals surface area contributed by atoms with Gasteiger partial charge in [-0.15, -0.1) is 10.2 Å². The molecule has 2 N–H and O–H groups in total. The fourth-order valence-electron chi connectivity index (χ4n) is 2.29. The van der Waals surface area contributed by atoms with Crippen molar-refractivity contribution in [1.82, 2.24) is 20.2 Å². The number of aryl methyl sites for hydroxylation is 1. The maximum absolute atomic E-state index is 12.4. The van der Waals surface area contributed by atoms with Crippen LogP contribution in [0.3, 0.4) is 0 Å². The van der Waals surface area contributed by atoms with E-state index in [1.54, 1.807) is 31.2 Å². The zero-order valence-electron chi connectivity index (χ0n) is 15.1. The summed E-state index contributed by atoms with van der Waals surface area (Å²) in [6, 6.07) is 10.9. The number of nitrogens with zero attached hydrogens (tertiary/aromatic N) is 4. The molecule has 0 aliphatic carbocycles. The summed E-state index contributed by atoms with van der Waals surface area (Å²) >= 11 is 2.41. The molecule has 0 radical (unpaired) electrons. The van der Waals surface area contributed by atoms with Crippen LogP contribution in [0.25, 0.3) is 11.3 Å². The average molecular weight is 413 g/mol. The first-order valence-electron chi connectivity index (χ1n) is 8.41. The van der Waals surface area contributed by atoms with Gasteiger partial charge in [0.2, 0.25) is 11.0 Å². The maximum Gasteiger partial charge on any atom is 0.270 e. The SMILES string of the molecule is CCc1nnc(NC(=O)C(C)Sc2nc(-c3ccccc3)c(C#N)c(=O)[nH]2)s1. The summed E-state index contributed by atoms with van der Waals surface area (Å²) in [4.78, 5) is 31.7. The van der Waals surface area contributed by atoms with Crippen LogP contribution < -0.4 is 10.9 Å². The van der Waals surface area contributed by atoms with Crippen LogP contribution in [0.4, 0.5) is 5.13 Å². The Morgan fingerprint density at radius 2 is 2.11 bits per heavy atom. The number of aromatic amines is 1. The van der Waals surface area contributed by atoms with Gasteiger partial charge < -0.3 is 4.98 Å². The van der Waals surface area contributed by atoms with Gasteiger partial charge >= 0.3 is 0 Å². The molecule has 10 heteroatoms. The first kappa shape index (κ1) is 19.7. The summed E-state index contributed by atoms with van der Waals surface area (Å²) < 4.78 is 0. The van der Waals surface area contributed by atoms with Gasteiger partial charge in [-0.2, -0.15) is 5.26 Å². The number of hydrogen-bond donors (Lipinski definition) is 2. The average Bonchev–Trinajstić information content (AvgIpc) is 3.15. The van der Waals surface area contributed by atoms with E-state index in [0.29, 0.717) is 16.4 Å². The number of carbonyl (C=O) groups excluding carboxylic acids is 1. The Bertz CT molecular complexity index is 1090. The van der Waals surface area contributed by atoms with E-state index < -0.39 is 10.8 Å². The highest BCUT2D eigenvalue weighted by Crippen LogP contribution is 2.25. The summed E-state index contributed by atoms with van der Waals surface area (Å²) in [5, 5.41) is 20.9. The number of thioether (sulfide) groups is 1. The Hall–Kier alpha value is -3.03. The Morgan fingerprint density at radius 1 is 1.36 bits per heavy atom. The molecule has 1 atom stereocenters. The first-order chi connectivity index (χ1) is 13.5. The minimum absolute atomic E-state index is 0.0615. The number of H-pyrrole nitrogens is 1. The van der Waals surface area contributed by atoms with Crippen molar-refractivity contribution in [2.24, 2.45) is 0 Å². The van der Waals surface area contributed by atoms with E-state index in [1.807, 2.05) is 19.1 Å². The first-order valence-corrected chi connectivity index (χ1v) is 10.1. The molecule has 0 fully saturated rings. The van der Waals surface area contributed by atoms with Crippen LogP contribution in [-0.2, 0) is 11.2 Å². The molecule has 1 amide bonds. The molecule has 2 aromatic heterocycles. The number of nitrogens with one attached hydrogen (secondary N) is 2. The normalized spacial score (nSPS) is 11.6. The molecular formula is C18H16N6O2S2. The number of carbonyl (C=O) groups is 1. The lowest BCUT2D eigenvalue weighted by Gasteiger charge is -2.11. The fourth-order valence-corrected chi connectivity index (χ4v) is 3.77. The zero-order chi connectivity index (χ0) is 20.1. The quantitative estimate of drug-likeness (QED) is 0.471. The third kappa shape index (κ3) is 4.44. The highest BCUT2D eigenvalue weighted by molar-refractivity contribution is 8.00. The van der Waals surface area contributed by atoms with E-state index in [0.717, 1.165) is 23.2 Å². The van der Waals surface area contributed by atoms with Crippen molar-refractivity contribution in [2.45, 2.75) is 30.7 Å². The van der Waals surface area contributed by atoms with Gasteiger partial charge in [0.05, 0.1) is 10.9 Å². The van der Waals surface area contributed by atoms with Crippen LogP contribution in [0, 0.1) is 11.3 Å². The Balaban J connectivity index is 1.82. The predicted octanol–water partition coefficient (Wildman–Crippen LogP) is 2.84. The lowest BCUT2D eigenvalue weighted by molar-refractivity contribution is -0.115. The Labute approximate surface area is 169 Å². The summed E-state index contributed by atoms with van der Waals surface area (Å²) in [7, 11) is 0. The molecule has 0 saturated heterocycles. The number of rotatable bonds is 6. The minimum Gasteiger partial charge on any atom is -0.300 e. The summed E-state index contributed by atoms with van der Waals surface area (Å²) in [6.45, 7) is 3.66. The van der Waals surface area contributed by atoms with Crippen LogP contribution >= 0.6 is 23.1 Å². The molecule has 3 aromatic rings. The topological polar surface area (TPSA) is 124 Å². The van der Waals surface area contributed by atoms with Gasteiger partial charge in [0, 0.05) is 5.56 Å². The minimum atomic E-state index is -0.548. The van der Waals surface area contributed by atoms with E-state index in [2.05, 4.69) is 25.5 Å². The van der Waals surface area contributed by atoms with Crippen LogP contribution in [0.5, 0.6) is 0 Å². The van der Waals surface area contributed by atoms with E-state index in [1.165, 1.54) is 11.3 Å². The summed E-state index contributed by atoms with van der Waals surface area (Å²) in [5.74, 6) is -0.280. The molecule has 0 aliphatic heterocycles. The number of aromatic nitrogens is 4. The van der Waals surface area contributed by atoms with Gasteiger partial charge in [-0.1, -0.05) is 60.4 Å². The van der Waals surface area contributed by atoms with Crippen molar-refractivity contribution in [2.75, 3.05) is 5.32 Å². The summed E-state index contributed by atoms with van der Waals surface area (Å²) in [6.07, 6.45) is 0.747. The van der Waals surface area contributed by atoms with Crippen molar-refractivity contribution < 1.29 is 4.79 Å². The molecule has 1 unspecified atom stereocenters. The van der Waals surface area contributed by atoms with Gasteiger partial charge in [-0.3, -0.25) is 14.9 Å². The van der Waals surface area contributed by atoms with Crippen LogP contribution in [-0.4, -0.2) is 31.3 Å². The highest BCUT2D eigenvalue weighted by Gasteiger charge is 2.20. The Kier molecular flexibility index (Phi) is 6.18. The number of nitriles is 1. The smallest absolute Gasteiger partial charge is 0.270 e. The molecule has 0 saturated carbocycles. The largest absolute Gasteiger partial charge is 0.300 e. The molecule has 0 bridgehead atoms. The molecule has 0 spiro atoms. The predicted molar refractivity (Wildman–Crippen MR) is 108 cm³/mol. The Morgan fingerprint density at radius 3 is 2.75 bits per heavy atom. The third-order valence-electron chi connectivity index (χ3n) is 3.71. The lowest BCUT2D eigenvalue weighted by Crippen LogP contribution is -2.23. The third-order valence-corrected chi connectivity index (χ3v) is 5.68. The van der Waals surface area contributed by atoms with Gasteiger partial charge in [-0.25, -0.2) is 4.98 Å². The number of anilines is 1. The molecule has 28 heavy (non-hydrogen) atoms. The van der Waals surface area contributed by atoms with E-state index in [4.69, 9.17) is 0 Å². The van der Waals surface area contributed by atoms with E-state index >= 15 is 0 Å². The molecule has 3 rings (SSSR count). The molecule has 142 valence electrons. The van der Waals surface area contributed by atoms with Crippen molar-refractivity contribution in [3.63, 3.8) is 0 Å². The van der Waals surface area contributed by atoms with Crippen LogP contribution in [0.2, 0.25) is 0 Å². The highest BCUT2D eigenvalue weighted by atomic mass is 32.2. The van der Waals surface area contributed by atoms with Crippen LogP contribution in [0.15, 0.2) is 40.3 Å². The van der Waals surface area contributed by atoms with Crippen molar-refractivity contribution in [1.29, 1.82) is 5.26 Å². The van der Waals surface area contributed by atoms with Gasteiger partial charge in [0.15, 0.2) is 5.16 Å². The second-order valence-electron chi connectivity index (χ2n) is 5.68. The van der Waals surface area contributed by atoms with Crippen LogP contribution in [0.1, 0.15) is 24.4 Å². The fraction of sp³-hybridized carbons (Fsp3) is 0.222. The van der Waals surface area contributed by atoms with E-state index in [9.17, 15) is 14.9 Å². The maximum atomic E-state index is 12.4. The molecule has 1 aromatic carbocycles. The lowest BCUT2D eigenvalue weighted by atomic mass is 10.1. The molecule has 0 aliphatic rings. The van der Waals surface area contributed by atoms with Crippen molar-refractivity contribution >= 4 is 34.1 Å². The van der Waals surface area contributed by atoms with Crippen molar-refractivity contribution in [3.05, 3.63) is 51.3 Å². The zero-order valence-corrected chi connectivity index (χ0v) is 16.7. The number of benzene rings is 1. The summed E-state index contributed by atoms with van der Waals surface area (Å²) in [5.41, 5.74) is 0.348. The van der Waals surface area contributed by atoms with E-state index in [-0.39, 0.29) is 16.6 Å². The monoisotopic (exact) mass is 412 g/mol. The second-order valence-corrected chi connectivity index (χ2v) is 8.07. The molecular weight excluding hydrogens is 396 g/mol. The van der Waals surface area contributed by atoms with Gasteiger partial charge in [0.25, 0.3) is 5.56 Å². The number of amides is 1. The second kappa shape index (κ2) is 8.77. The molecule has 2 heterocycles. The van der Waals surface area contributed by atoms with Gasteiger partial charge in [0.1, 0.15) is 16.6 Å². The number of hydrogen-bond acceptors (Lipinski definition) is 8. The molecule has 8 nitrogen and oxygen atoms in total. The standard InChI is InChI=1S/C18H16N6O2S2/c1-3-13-23-24-18(28-13)21-15(25)10(2)27-17-20-14(11-7-5-4-6-8-11)12(9-19)16(26)22-17/h4-8,10H,3H2,1-2H3,(H,20,22,26)(H,21,24,25).